The summed E-state index contributed by atoms with van der Waals surface area (Å²) in [7, 11) is 0. The van der Waals surface area contributed by atoms with Crippen molar-refractivity contribution in [1.29, 1.82) is 0 Å². The zero-order valence-electron chi connectivity index (χ0n) is 12.2. The highest BCUT2D eigenvalue weighted by Crippen LogP contribution is 2.07. The summed E-state index contributed by atoms with van der Waals surface area (Å²) in [6, 6.07) is 9.45. The molecular weight excluding hydrogens is 240 g/mol. The lowest BCUT2D eigenvalue weighted by Gasteiger charge is -2.26. The zero-order chi connectivity index (χ0) is 14.3. The van der Waals surface area contributed by atoms with Gasteiger partial charge in [0.2, 0.25) is 5.91 Å². The number of benzene rings is 1. The molecule has 0 heterocycles. The molecule has 4 heteroatoms. The quantitative estimate of drug-likeness (QED) is 0.744. The fourth-order valence-electron chi connectivity index (χ4n) is 1.41. The van der Waals surface area contributed by atoms with Crippen LogP contribution in [0.5, 0.6) is 0 Å². The molecule has 1 amide bonds. The molecule has 0 aliphatic heterocycles. The van der Waals surface area contributed by atoms with Crippen molar-refractivity contribution in [2.24, 2.45) is 0 Å². The Morgan fingerprint density at radius 2 is 1.95 bits per heavy atom. The van der Waals surface area contributed by atoms with Gasteiger partial charge >= 0.3 is 0 Å². The molecule has 0 aliphatic carbocycles. The topological polar surface area (TPSA) is 50.4 Å². The summed E-state index contributed by atoms with van der Waals surface area (Å²) in [6.07, 6.45) is 0.885. The van der Waals surface area contributed by atoms with Crippen LogP contribution in [0.1, 0.15) is 39.7 Å². The maximum Gasteiger partial charge on any atom is 0.239 e. The SMILES string of the molecule is CCC(C)(C)NC(=O)C(C)NOCc1ccccc1. The molecule has 19 heavy (non-hydrogen) atoms. The molecule has 1 atom stereocenters. The zero-order valence-corrected chi connectivity index (χ0v) is 12.2. The lowest BCUT2D eigenvalue weighted by molar-refractivity contribution is -0.128. The summed E-state index contributed by atoms with van der Waals surface area (Å²) in [5, 5.41) is 2.97. The molecule has 0 saturated heterocycles. The number of carbonyl (C=O) groups is 1. The molecule has 1 rings (SSSR count). The molecule has 0 fully saturated rings. The van der Waals surface area contributed by atoms with Crippen molar-refractivity contribution in [3.63, 3.8) is 0 Å². The van der Waals surface area contributed by atoms with Crippen LogP contribution in [0.2, 0.25) is 0 Å². The minimum absolute atomic E-state index is 0.0556. The Bertz CT molecular complexity index is 390. The molecule has 0 aromatic heterocycles. The molecule has 106 valence electrons. The van der Waals surface area contributed by atoms with Crippen LogP contribution in [0.15, 0.2) is 30.3 Å². The van der Waals surface area contributed by atoms with Crippen LogP contribution in [0.25, 0.3) is 0 Å². The molecule has 4 nitrogen and oxygen atoms in total. The van der Waals surface area contributed by atoms with E-state index in [2.05, 4.69) is 10.8 Å². The van der Waals surface area contributed by atoms with E-state index in [9.17, 15) is 4.79 Å². The van der Waals surface area contributed by atoms with Gasteiger partial charge in [0.05, 0.1) is 6.61 Å². The van der Waals surface area contributed by atoms with Gasteiger partial charge in [-0.3, -0.25) is 9.63 Å². The van der Waals surface area contributed by atoms with E-state index in [4.69, 9.17) is 4.84 Å². The molecule has 0 spiro atoms. The Kier molecular flexibility index (Phi) is 5.99. The molecule has 1 aromatic carbocycles. The molecule has 0 aliphatic rings. The van der Waals surface area contributed by atoms with Crippen molar-refractivity contribution in [1.82, 2.24) is 10.8 Å². The number of carbonyl (C=O) groups excluding carboxylic acids is 1. The fraction of sp³-hybridized carbons (Fsp3) is 0.533. The Hall–Kier alpha value is -1.39. The summed E-state index contributed by atoms with van der Waals surface area (Å²) in [5.41, 5.74) is 3.64. The average molecular weight is 264 g/mol. The van der Waals surface area contributed by atoms with Crippen LogP contribution in [-0.4, -0.2) is 17.5 Å². The smallest absolute Gasteiger partial charge is 0.239 e. The Labute approximate surface area is 115 Å². The number of amides is 1. The van der Waals surface area contributed by atoms with Gasteiger partial charge in [-0.25, -0.2) is 0 Å². The standard InChI is InChI=1S/C15H24N2O2/c1-5-15(3,4)16-14(18)12(2)17-19-11-13-9-7-6-8-10-13/h6-10,12,17H,5,11H2,1-4H3,(H,16,18). The monoisotopic (exact) mass is 264 g/mol. The number of hydrogen-bond donors (Lipinski definition) is 2. The summed E-state index contributed by atoms with van der Waals surface area (Å²) < 4.78 is 0. The predicted molar refractivity (Wildman–Crippen MR) is 76.3 cm³/mol. The number of nitrogens with one attached hydrogen (secondary N) is 2. The third kappa shape index (κ3) is 5.85. The normalized spacial score (nSPS) is 13.1. The minimum atomic E-state index is -0.380. The average Bonchev–Trinajstić information content (AvgIpc) is 2.39. The summed E-state index contributed by atoms with van der Waals surface area (Å²) in [5.74, 6) is -0.0556. The van der Waals surface area contributed by atoms with Crippen molar-refractivity contribution in [3.05, 3.63) is 35.9 Å². The third-order valence-corrected chi connectivity index (χ3v) is 3.08. The van der Waals surface area contributed by atoms with Gasteiger partial charge in [0.25, 0.3) is 0 Å². The summed E-state index contributed by atoms with van der Waals surface area (Å²) in [6.45, 7) is 8.27. The van der Waals surface area contributed by atoms with Crippen molar-refractivity contribution < 1.29 is 9.63 Å². The Morgan fingerprint density at radius 1 is 1.32 bits per heavy atom. The van der Waals surface area contributed by atoms with E-state index in [-0.39, 0.29) is 17.5 Å². The first-order valence-corrected chi connectivity index (χ1v) is 6.68. The van der Waals surface area contributed by atoms with Gasteiger partial charge in [0.15, 0.2) is 0 Å². The molecule has 0 saturated carbocycles. The minimum Gasteiger partial charge on any atom is -0.350 e. The van der Waals surface area contributed by atoms with Crippen LogP contribution < -0.4 is 10.8 Å². The Morgan fingerprint density at radius 3 is 2.53 bits per heavy atom. The number of hydroxylamine groups is 1. The molecular formula is C15H24N2O2. The van der Waals surface area contributed by atoms with Crippen LogP contribution in [-0.2, 0) is 16.2 Å². The van der Waals surface area contributed by atoms with E-state index < -0.39 is 0 Å². The first-order valence-electron chi connectivity index (χ1n) is 6.68. The van der Waals surface area contributed by atoms with Crippen molar-refractivity contribution in [2.45, 2.75) is 52.3 Å². The van der Waals surface area contributed by atoms with Crippen LogP contribution in [0, 0.1) is 0 Å². The first kappa shape index (κ1) is 15.7. The molecule has 1 aromatic rings. The third-order valence-electron chi connectivity index (χ3n) is 3.08. The molecule has 0 radical (unpaired) electrons. The maximum atomic E-state index is 11.9. The van der Waals surface area contributed by atoms with Gasteiger partial charge in [-0.15, -0.1) is 0 Å². The largest absolute Gasteiger partial charge is 0.350 e. The molecule has 2 N–H and O–H groups in total. The second-order valence-corrected chi connectivity index (χ2v) is 5.34. The van der Waals surface area contributed by atoms with Gasteiger partial charge in [0, 0.05) is 5.54 Å². The number of hydrogen-bond acceptors (Lipinski definition) is 3. The summed E-state index contributed by atoms with van der Waals surface area (Å²) in [4.78, 5) is 17.2. The van der Waals surface area contributed by atoms with E-state index >= 15 is 0 Å². The highest BCUT2D eigenvalue weighted by Gasteiger charge is 2.21. The molecule has 1 unspecified atom stereocenters. The van der Waals surface area contributed by atoms with Gasteiger partial charge in [-0.1, -0.05) is 37.3 Å². The predicted octanol–water partition coefficient (Wildman–Crippen LogP) is 2.40. The van der Waals surface area contributed by atoms with Gasteiger partial charge in [-0.05, 0) is 32.8 Å². The van der Waals surface area contributed by atoms with Crippen molar-refractivity contribution >= 4 is 5.91 Å². The van der Waals surface area contributed by atoms with E-state index in [0.29, 0.717) is 6.61 Å². The van der Waals surface area contributed by atoms with E-state index in [1.54, 1.807) is 6.92 Å². The second-order valence-electron chi connectivity index (χ2n) is 5.34. The van der Waals surface area contributed by atoms with Crippen LogP contribution in [0.4, 0.5) is 0 Å². The highest BCUT2D eigenvalue weighted by molar-refractivity contribution is 5.81. The van der Waals surface area contributed by atoms with Gasteiger partial charge in [-0.2, -0.15) is 5.48 Å². The maximum absolute atomic E-state index is 11.9. The van der Waals surface area contributed by atoms with Gasteiger partial charge in [0.1, 0.15) is 6.04 Å². The van der Waals surface area contributed by atoms with Crippen molar-refractivity contribution in [2.75, 3.05) is 0 Å². The van der Waals surface area contributed by atoms with Crippen LogP contribution >= 0.6 is 0 Å². The molecule has 0 bridgehead atoms. The van der Waals surface area contributed by atoms with E-state index in [0.717, 1.165) is 12.0 Å². The van der Waals surface area contributed by atoms with Crippen molar-refractivity contribution in [3.8, 4) is 0 Å². The lowest BCUT2D eigenvalue weighted by Crippen LogP contribution is -2.50. The fourth-order valence-corrected chi connectivity index (χ4v) is 1.41. The van der Waals surface area contributed by atoms with Gasteiger partial charge < -0.3 is 5.32 Å². The first-order chi connectivity index (χ1) is 8.94. The van der Waals surface area contributed by atoms with E-state index in [1.807, 2.05) is 51.1 Å². The lowest BCUT2D eigenvalue weighted by atomic mass is 10.0. The summed E-state index contributed by atoms with van der Waals surface area (Å²) >= 11 is 0. The Balaban J connectivity index is 2.31. The van der Waals surface area contributed by atoms with E-state index in [1.165, 1.54) is 0 Å². The second kappa shape index (κ2) is 7.26. The van der Waals surface area contributed by atoms with Crippen LogP contribution in [0.3, 0.4) is 0 Å². The number of rotatable bonds is 7. The highest BCUT2D eigenvalue weighted by atomic mass is 16.6.